The predicted molar refractivity (Wildman–Crippen MR) is 68.5 cm³/mol. The van der Waals surface area contributed by atoms with Gasteiger partial charge < -0.3 is 19.3 Å². The fraction of sp³-hybridized carbons (Fsp3) is 0.923. The Kier molecular flexibility index (Phi) is 5.41. The highest BCUT2D eigenvalue weighted by atomic mass is 16.6. The van der Waals surface area contributed by atoms with Gasteiger partial charge >= 0.3 is 0 Å². The number of amides is 1. The van der Waals surface area contributed by atoms with Gasteiger partial charge in [0.15, 0.2) is 0 Å². The Bertz CT molecular complexity index is 267. The average molecular weight is 256 g/mol. The Morgan fingerprint density at radius 1 is 1.22 bits per heavy atom. The molecule has 2 heterocycles. The molecule has 18 heavy (non-hydrogen) atoms. The van der Waals surface area contributed by atoms with Crippen molar-refractivity contribution in [3.8, 4) is 0 Å². The first-order valence-corrected chi connectivity index (χ1v) is 6.93. The second-order valence-corrected chi connectivity index (χ2v) is 5.06. The first kappa shape index (κ1) is 13.8. The van der Waals surface area contributed by atoms with Gasteiger partial charge in [0.05, 0.1) is 25.9 Å². The first-order valence-electron chi connectivity index (χ1n) is 6.93. The normalized spacial score (nSPS) is 26.9. The Morgan fingerprint density at radius 2 is 2.11 bits per heavy atom. The average Bonchev–Trinajstić information content (AvgIpc) is 2.63. The van der Waals surface area contributed by atoms with Gasteiger partial charge in [-0.25, -0.2) is 0 Å². The van der Waals surface area contributed by atoms with Gasteiger partial charge in [-0.3, -0.25) is 4.79 Å². The van der Waals surface area contributed by atoms with Crippen molar-refractivity contribution >= 4 is 5.91 Å². The lowest BCUT2D eigenvalue weighted by Gasteiger charge is -2.26. The van der Waals surface area contributed by atoms with Crippen molar-refractivity contribution in [1.82, 2.24) is 9.80 Å². The van der Waals surface area contributed by atoms with E-state index in [1.807, 2.05) is 4.90 Å². The number of carbonyl (C=O) groups is 1. The van der Waals surface area contributed by atoms with Gasteiger partial charge in [0.2, 0.25) is 5.91 Å². The summed E-state index contributed by atoms with van der Waals surface area (Å²) in [7, 11) is 0. The van der Waals surface area contributed by atoms with Crippen LogP contribution >= 0.6 is 0 Å². The third-order valence-corrected chi connectivity index (χ3v) is 3.69. The maximum Gasteiger partial charge on any atom is 0.219 e. The van der Waals surface area contributed by atoms with E-state index in [9.17, 15) is 4.79 Å². The molecule has 0 N–H and O–H groups in total. The van der Waals surface area contributed by atoms with Gasteiger partial charge in [-0.2, -0.15) is 0 Å². The highest BCUT2D eigenvalue weighted by Crippen LogP contribution is 2.09. The molecule has 0 aliphatic carbocycles. The zero-order valence-corrected chi connectivity index (χ0v) is 11.3. The van der Waals surface area contributed by atoms with Crippen LogP contribution in [0.3, 0.4) is 0 Å². The van der Waals surface area contributed by atoms with E-state index in [2.05, 4.69) is 4.90 Å². The Balaban J connectivity index is 1.68. The molecular weight excluding hydrogens is 232 g/mol. The molecule has 0 spiro atoms. The molecule has 5 heteroatoms. The van der Waals surface area contributed by atoms with Crippen molar-refractivity contribution in [2.45, 2.75) is 25.9 Å². The van der Waals surface area contributed by atoms with E-state index >= 15 is 0 Å². The van der Waals surface area contributed by atoms with Gasteiger partial charge in [-0.15, -0.1) is 0 Å². The second-order valence-electron chi connectivity index (χ2n) is 5.06. The zero-order valence-electron chi connectivity index (χ0n) is 11.3. The highest BCUT2D eigenvalue weighted by molar-refractivity contribution is 5.73. The van der Waals surface area contributed by atoms with Gasteiger partial charge in [0, 0.05) is 33.1 Å². The molecule has 1 atom stereocenters. The topological polar surface area (TPSA) is 42.0 Å². The van der Waals surface area contributed by atoms with Crippen LogP contribution in [0.15, 0.2) is 0 Å². The van der Waals surface area contributed by atoms with E-state index in [4.69, 9.17) is 9.47 Å². The number of rotatable bonds is 3. The van der Waals surface area contributed by atoms with Crippen LogP contribution in [0.1, 0.15) is 19.8 Å². The van der Waals surface area contributed by atoms with Crippen molar-refractivity contribution in [2.75, 3.05) is 52.5 Å². The molecule has 2 fully saturated rings. The smallest absolute Gasteiger partial charge is 0.219 e. The molecule has 2 aliphatic rings. The molecule has 2 saturated heterocycles. The molecule has 0 aromatic heterocycles. The minimum absolute atomic E-state index is 0.195. The summed E-state index contributed by atoms with van der Waals surface area (Å²) in [4.78, 5) is 15.7. The Morgan fingerprint density at radius 3 is 2.83 bits per heavy atom. The van der Waals surface area contributed by atoms with Crippen molar-refractivity contribution in [3.05, 3.63) is 0 Å². The monoisotopic (exact) mass is 256 g/mol. The number of hydrogen-bond donors (Lipinski definition) is 0. The molecule has 0 saturated carbocycles. The minimum atomic E-state index is 0.195. The van der Waals surface area contributed by atoms with Gasteiger partial charge in [-0.05, 0) is 19.4 Å². The largest absolute Gasteiger partial charge is 0.376 e. The third-order valence-electron chi connectivity index (χ3n) is 3.69. The van der Waals surface area contributed by atoms with Crippen LogP contribution in [0.25, 0.3) is 0 Å². The molecule has 0 aromatic carbocycles. The summed E-state index contributed by atoms with van der Waals surface area (Å²) in [5, 5.41) is 0. The Labute approximate surface area is 109 Å². The standard InChI is InChI=1S/C13H24N2O3/c1-12(16)15-5-2-4-14(7-8-15)6-3-13-11-17-9-10-18-13/h13H,2-11H2,1H3. The summed E-state index contributed by atoms with van der Waals surface area (Å²) in [6.07, 6.45) is 2.35. The summed E-state index contributed by atoms with van der Waals surface area (Å²) < 4.78 is 11.0. The summed E-state index contributed by atoms with van der Waals surface area (Å²) in [5.41, 5.74) is 0. The summed E-state index contributed by atoms with van der Waals surface area (Å²) >= 11 is 0. The fourth-order valence-electron chi connectivity index (χ4n) is 2.54. The maximum atomic E-state index is 11.3. The molecule has 5 nitrogen and oxygen atoms in total. The first-order chi connectivity index (χ1) is 8.75. The lowest BCUT2D eigenvalue weighted by molar-refractivity contribution is -0.128. The fourth-order valence-corrected chi connectivity index (χ4v) is 2.54. The van der Waals surface area contributed by atoms with E-state index < -0.39 is 0 Å². The quantitative estimate of drug-likeness (QED) is 0.730. The molecular formula is C13H24N2O3. The molecule has 2 aliphatic heterocycles. The van der Waals surface area contributed by atoms with E-state index in [1.165, 1.54) is 0 Å². The van der Waals surface area contributed by atoms with Gasteiger partial charge in [0.25, 0.3) is 0 Å². The predicted octanol–water partition coefficient (Wildman–Crippen LogP) is 0.346. The van der Waals surface area contributed by atoms with Crippen molar-refractivity contribution in [2.24, 2.45) is 0 Å². The molecule has 1 unspecified atom stereocenters. The molecule has 0 aromatic rings. The van der Waals surface area contributed by atoms with Crippen LogP contribution in [0.4, 0.5) is 0 Å². The van der Waals surface area contributed by atoms with E-state index in [0.717, 1.165) is 65.4 Å². The van der Waals surface area contributed by atoms with Crippen LogP contribution in [0.5, 0.6) is 0 Å². The molecule has 2 rings (SSSR count). The van der Waals surface area contributed by atoms with E-state index in [1.54, 1.807) is 6.92 Å². The van der Waals surface area contributed by atoms with Crippen molar-refractivity contribution < 1.29 is 14.3 Å². The minimum Gasteiger partial charge on any atom is -0.376 e. The van der Waals surface area contributed by atoms with Crippen molar-refractivity contribution in [1.29, 1.82) is 0 Å². The number of ether oxygens (including phenoxy) is 2. The van der Waals surface area contributed by atoms with Crippen LogP contribution in [-0.2, 0) is 14.3 Å². The highest BCUT2D eigenvalue weighted by Gasteiger charge is 2.19. The Hall–Kier alpha value is -0.650. The molecule has 1 amide bonds. The van der Waals surface area contributed by atoms with E-state index in [-0.39, 0.29) is 12.0 Å². The number of hydrogen-bond acceptors (Lipinski definition) is 4. The van der Waals surface area contributed by atoms with Crippen LogP contribution in [0, 0.1) is 0 Å². The maximum absolute atomic E-state index is 11.3. The van der Waals surface area contributed by atoms with Gasteiger partial charge in [-0.1, -0.05) is 0 Å². The second kappa shape index (κ2) is 7.07. The van der Waals surface area contributed by atoms with Crippen molar-refractivity contribution in [3.63, 3.8) is 0 Å². The van der Waals surface area contributed by atoms with Crippen LogP contribution in [0.2, 0.25) is 0 Å². The van der Waals surface area contributed by atoms with Crippen LogP contribution < -0.4 is 0 Å². The zero-order chi connectivity index (χ0) is 12.8. The van der Waals surface area contributed by atoms with Crippen LogP contribution in [-0.4, -0.2) is 74.4 Å². The lowest BCUT2D eigenvalue weighted by atomic mass is 10.2. The molecule has 0 radical (unpaired) electrons. The SMILES string of the molecule is CC(=O)N1CCCN(CCC2COCCO2)CC1. The van der Waals surface area contributed by atoms with Gasteiger partial charge in [0.1, 0.15) is 0 Å². The summed E-state index contributed by atoms with van der Waals surface area (Å²) in [5.74, 6) is 0.195. The number of nitrogens with zero attached hydrogens (tertiary/aromatic N) is 2. The summed E-state index contributed by atoms with van der Waals surface area (Å²) in [6, 6.07) is 0. The summed E-state index contributed by atoms with van der Waals surface area (Å²) in [6.45, 7) is 8.70. The third kappa shape index (κ3) is 4.23. The molecule has 104 valence electrons. The lowest BCUT2D eigenvalue weighted by Crippen LogP contribution is -2.36. The number of carbonyl (C=O) groups excluding carboxylic acids is 1. The van der Waals surface area contributed by atoms with E-state index in [0.29, 0.717) is 0 Å². The molecule has 0 bridgehead atoms.